The highest BCUT2D eigenvalue weighted by Gasteiger charge is 2.48. The average molecular weight is 473 g/mol. The molecular formula is C24H25F2N3O5. The lowest BCUT2D eigenvalue weighted by Gasteiger charge is -2.29. The predicted octanol–water partition coefficient (Wildman–Crippen LogP) is 2.56. The normalized spacial score (nSPS) is 26.9. The first-order chi connectivity index (χ1) is 16.5. The maximum Gasteiger partial charge on any atom is 0.196 e. The molecule has 4 atom stereocenters. The number of aliphatic hydroxyl groups excluding tert-OH is 1. The molecule has 0 saturated carbocycles. The highest BCUT2D eigenvalue weighted by Crippen LogP contribution is 2.35. The Morgan fingerprint density at radius 1 is 1.09 bits per heavy atom. The number of halogens is 2. The molecule has 0 amide bonds. The SMILES string of the molecule is Cc1c(O[C@@H]2COC3C2OC[C@H]3O)[nH]c2ccc(-c3c(F)cc(N4CCOCC4)cc3F)nc12. The van der Waals surface area contributed by atoms with Gasteiger partial charge in [-0.15, -0.1) is 0 Å². The molecule has 34 heavy (non-hydrogen) atoms. The number of benzene rings is 1. The lowest BCUT2D eigenvalue weighted by molar-refractivity contribution is 0.00782. The fraction of sp³-hybridized carbons (Fsp3) is 0.458. The first-order valence-corrected chi connectivity index (χ1v) is 11.4. The molecule has 0 radical (unpaired) electrons. The van der Waals surface area contributed by atoms with Crippen LogP contribution in [0.2, 0.25) is 0 Å². The van der Waals surface area contributed by atoms with Gasteiger partial charge in [-0.1, -0.05) is 0 Å². The Morgan fingerprint density at radius 2 is 1.82 bits per heavy atom. The number of ether oxygens (including phenoxy) is 4. The van der Waals surface area contributed by atoms with Gasteiger partial charge in [0.2, 0.25) is 0 Å². The zero-order chi connectivity index (χ0) is 23.4. The summed E-state index contributed by atoms with van der Waals surface area (Å²) in [5.74, 6) is -0.837. The van der Waals surface area contributed by atoms with Crippen molar-refractivity contribution < 1.29 is 32.8 Å². The summed E-state index contributed by atoms with van der Waals surface area (Å²) in [6, 6.07) is 6.01. The summed E-state index contributed by atoms with van der Waals surface area (Å²) in [6.07, 6.45) is -1.79. The minimum absolute atomic E-state index is 0.164. The van der Waals surface area contributed by atoms with Crippen LogP contribution < -0.4 is 9.64 Å². The van der Waals surface area contributed by atoms with E-state index in [1.54, 1.807) is 12.1 Å². The van der Waals surface area contributed by atoms with Gasteiger partial charge in [0.05, 0.1) is 48.7 Å². The third kappa shape index (κ3) is 3.61. The topological polar surface area (TPSA) is 89.1 Å². The molecule has 1 aromatic carbocycles. The summed E-state index contributed by atoms with van der Waals surface area (Å²) in [7, 11) is 0. The summed E-state index contributed by atoms with van der Waals surface area (Å²) in [4.78, 5) is 9.64. The highest BCUT2D eigenvalue weighted by atomic mass is 19.1. The van der Waals surface area contributed by atoms with Crippen molar-refractivity contribution in [2.45, 2.75) is 31.3 Å². The van der Waals surface area contributed by atoms with E-state index >= 15 is 8.78 Å². The molecule has 3 fully saturated rings. The molecule has 2 aromatic heterocycles. The van der Waals surface area contributed by atoms with Crippen molar-refractivity contribution in [2.75, 3.05) is 44.4 Å². The van der Waals surface area contributed by atoms with Crippen molar-refractivity contribution in [1.82, 2.24) is 9.97 Å². The van der Waals surface area contributed by atoms with Gasteiger partial charge in [-0.3, -0.25) is 0 Å². The smallest absolute Gasteiger partial charge is 0.196 e. The number of aromatic nitrogens is 2. The van der Waals surface area contributed by atoms with Gasteiger partial charge in [0.1, 0.15) is 29.9 Å². The van der Waals surface area contributed by atoms with Crippen LogP contribution >= 0.6 is 0 Å². The summed E-state index contributed by atoms with van der Waals surface area (Å²) in [5.41, 5.74) is 2.49. The second-order valence-corrected chi connectivity index (χ2v) is 8.88. The van der Waals surface area contributed by atoms with Crippen LogP contribution in [-0.4, -0.2) is 79.0 Å². The molecule has 180 valence electrons. The Hall–Kier alpha value is -2.79. The van der Waals surface area contributed by atoms with E-state index in [1.165, 1.54) is 12.1 Å². The van der Waals surface area contributed by atoms with Crippen LogP contribution in [0.25, 0.3) is 22.3 Å². The molecule has 0 spiro atoms. The van der Waals surface area contributed by atoms with Crippen LogP contribution in [0, 0.1) is 18.6 Å². The summed E-state index contributed by atoms with van der Waals surface area (Å²) < 4.78 is 52.8. The lowest BCUT2D eigenvalue weighted by Crippen LogP contribution is -2.36. The number of hydrogen-bond acceptors (Lipinski definition) is 7. The molecule has 0 aliphatic carbocycles. The Labute approximate surface area is 194 Å². The van der Waals surface area contributed by atoms with Gasteiger partial charge >= 0.3 is 0 Å². The van der Waals surface area contributed by atoms with Gasteiger partial charge in [-0.05, 0) is 31.2 Å². The number of anilines is 1. The van der Waals surface area contributed by atoms with Crippen molar-refractivity contribution in [3.8, 4) is 17.1 Å². The number of H-pyrrole nitrogens is 1. The van der Waals surface area contributed by atoms with E-state index in [1.807, 2.05) is 11.8 Å². The van der Waals surface area contributed by atoms with E-state index < -0.39 is 23.8 Å². The zero-order valence-electron chi connectivity index (χ0n) is 18.6. The van der Waals surface area contributed by atoms with E-state index in [0.29, 0.717) is 61.1 Å². The number of hydrogen-bond donors (Lipinski definition) is 2. The van der Waals surface area contributed by atoms with Crippen LogP contribution in [0.1, 0.15) is 5.56 Å². The number of rotatable bonds is 4. The predicted molar refractivity (Wildman–Crippen MR) is 119 cm³/mol. The van der Waals surface area contributed by atoms with Crippen molar-refractivity contribution >= 4 is 16.7 Å². The minimum Gasteiger partial charge on any atom is -0.470 e. The quantitative estimate of drug-likeness (QED) is 0.602. The summed E-state index contributed by atoms with van der Waals surface area (Å²) >= 11 is 0. The van der Waals surface area contributed by atoms with Crippen molar-refractivity contribution in [3.05, 3.63) is 41.5 Å². The van der Waals surface area contributed by atoms with Gasteiger partial charge in [0.15, 0.2) is 12.0 Å². The molecule has 5 heterocycles. The number of aliphatic hydroxyl groups is 1. The van der Waals surface area contributed by atoms with Crippen LogP contribution in [0.3, 0.4) is 0 Å². The Bertz CT molecular complexity index is 1210. The highest BCUT2D eigenvalue weighted by molar-refractivity contribution is 5.84. The fourth-order valence-electron chi connectivity index (χ4n) is 4.93. The standard InChI is InChI=1S/C24H25F2N3O5/c1-12-21-17(28-24(12)34-19-11-33-22-18(30)10-32-23(19)22)3-2-16(27-21)20-14(25)8-13(9-15(20)26)29-4-6-31-7-5-29/h2-3,8-9,18-19,22-23,28,30H,4-7,10-11H2,1H3/t18-,19-,22?,23?/m1/s1. The maximum absolute atomic E-state index is 15.1. The molecular weight excluding hydrogens is 448 g/mol. The fourth-order valence-corrected chi connectivity index (χ4v) is 4.93. The van der Waals surface area contributed by atoms with E-state index in [2.05, 4.69) is 9.97 Å². The Kier molecular flexibility index (Phi) is 5.40. The molecule has 3 aliphatic rings. The zero-order valence-corrected chi connectivity index (χ0v) is 18.6. The van der Waals surface area contributed by atoms with Crippen LogP contribution in [0.5, 0.6) is 5.88 Å². The minimum atomic E-state index is -0.663. The van der Waals surface area contributed by atoms with E-state index in [0.717, 1.165) is 0 Å². The van der Waals surface area contributed by atoms with Gasteiger partial charge < -0.3 is 33.9 Å². The number of aryl methyl sites for hydroxylation is 1. The molecule has 8 nitrogen and oxygen atoms in total. The van der Waals surface area contributed by atoms with Gasteiger partial charge in [-0.25, -0.2) is 13.8 Å². The largest absolute Gasteiger partial charge is 0.470 e. The van der Waals surface area contributed by atoms with Gasteiger partial charge in [0.25, 0.3) is 0 Å². The van der Waals surface area contributed by atoms with E-state index in [9.17, 15) is 5.11 Å². The molecule has 6 rings (SSSR count). The van der Waals surface area contributed by atoms with Crippen molar-refractivity contribution in [1.29, 1.82) is 0 Å². The van der Waals surface area contributed by atoms with Crippen LogP contribution in [0.15, 0.2) is 24.3 Å². The van der Waals surface area contributed by atoms with Crippen LogP contribution in [0.4, 0.5) is 14.5 Å². The number of morpholine rings is 1. The number of pyridine rings is 1. The van der Waals surface area contributed by atoms with Gasteiger partial charge in [0, 0.05) is 24.3 Å². The van der Waals surface area contributed by atoms with Crippen molar-refractivity contribution in [3.63, 3.8) is 0 Å². The second-order valence-electron chi connectivity index (χ2n) is 8.88. The third-order valence-electron chi connectivity index (χ3n) is 6.75. The van der Waals surface area contributed by atoms with E-state index in [4.69, 9.17) is 18.9 Å². The number of nitrogens with one attached hydrogen (secondary N) is 1. The molecule has 3 aromatic rings. The van der Waals surface area contributed by atoms with Crippen molar-refractivity contribution in [2.24, 2.45) is 0 Å². The molecule has 10 heteroatoms. The number of nitrogens with zero attached hydrogens (tertiary/aromatic N) is 2. The summed E-state index contributed by atoms with van der Waals surface area (Å²) in [5, 5.41) is 9.93. The second kappa shape index (κ2) is 8.46. The van der Waals surface area contributed by atoms with E-state index in [-0.39, 0.29) is 30.1 Å². The van der Waals surface area contributed by atoms with Crippen LogP contribution in [-0.2, 0) is 14.2 Å². The average Bonchev–Trinajstić information content (AvgIpc) is 3.50. The molecule has 0 bridgehead atoms. The summed E-state index contributed by atoms with van der Waals surface area (Å²) in [6.45, 7) is 4.58. The van der Waals surface area contributed by atoms with Gasteiger partial charge in [-0.2, -0.15) is 0 Å². The maximum atomic E-state index is 15.1. The first-order valence-electron chi connectivity index (χ1n) is 11.4. The third-order valence-corrected chi connectivity index (χ3v) is 6.75. The number of aromatic amines is 1. The molecule has 2 unspecified atom stereocenters. The number of fused-ring (bicyclic) bond motifs is 2. The Morgan fingerprint density at radius 3 is 2.59 bits per heavy atom. The Balaban J connectivity index is 1.29. The molecule has 3 aliphatic heterocycles. The lowest BCUT2D eigenvalue weighted by atomic mass is 10.1. The molecule has 2 N–H and O–H groups in total. The first kappa shape index (κ1) is 21.7. The monoisotopic (exact) mass is 473 g/mol. The molecule has 3 saturated heterocycles.